The zero-order chi connectivity index (χ0) is 27.9. The molecule has 3 heterocycles. The largest absolute Gasteiger partial charge is 0.383 e. The normalized spacial score (nSPS) is 12.8. The van der Waals surface area contributed by atoms with Gasteiger partial charge in [-0.2, -0.15) is 10.2 Å². The third-order valence-electron chi connectivity index (χ3n) is 6.90. The number of aryl methyl sites for hydroxylation is 1. The van der Waals surface area contributed by atoms with E-state index in [1.165, 1.54) is 11.9 Å². The van der Waals surface area contributed by atoms with E-state index < -0.39 is 6.23 Å². The molecule has 0 bridgehead atoms. The van der Waals surface area contributed by atoms with Crippen LogP contribution in [0.2, 0.25) is 0 Å². The van der Waals surface area contributed by atoms with Gasteiger partial charge in [0.2, 0.25) is 0 Å². The first kappa shape index (κ1) is 26.4. The number of aliphatic hydroxyl groups is 1. The lowest BCUT2D eigenvalue weighted by Gasteiger charge is -2.16. The molecule has 0 radical (unpaired) electrons. The molecule has 0 saturated heterocycles. The van der Waals surface area contributed by atoms with Gasteiger partial charge in [-0.1, -0.05) is 71.0 Å². The highest BCUT2D eigenvalue weighted by Gasteiger charge is 2.22. The van der Waals surface area contributed by atoms with Crippen LogP contribution >= 0.6 is 0 Å². The van der Waals surface area contributed by atoms with Crippen molar-refractivity contribution >= 4 is 22.7 Å². The minimum atomic E-state index is -0.811. The summed E-state index contributed by atoms with van der Waals surface area (Å²) < 4.78 is 3.57. The van der Waals surface area contributed by atoms with Crippen molar-refractivity contribution in [2.75, 3.05) is 11.1 Å². The zero-order valence-corrected chi connectivity index (χ0v) is 23.3. The Morgan fingerprint density at radius 3 is 2.31 bits per heavy atom. The summed E-state index contributed by atoms with van der Waals surface area (Å²) in [5.74, 6) is 1.60. The van der Waals surface area contributed by atoms with Crippen molar-refractivity contribution in [1.29, 1.82) is 0 Å². The minimum Gasteiger partial charge on any atom is -0.383 e. The lowest BCUT2D eigenvalue weighted by molar-refractivity contribution is 0.203. The van der Waals surface area contributed by atoms with Crippen LogP contribution in [0, 0.1) is 0 Å². The van der Waals surface area contributed by atoms with Gasteiger partial charge in [0.15, 0.2) is 5.65 Å². The fourth-order valence-electron chi connectivity index (χ4n) is 4.60. The third-order valence-corrected chi connectivity index (χ3v) is 6.90. The topological polar surface area (TPSA) is 120 Å². The molecule has 39 heavy (non-hydrogen) atoms. The summed E-state index contributed by atoms with van der Waals surface area (Å²) in [6.45, 7) is 10.8. The molecular formula is C30H36N8O. The van der Waals surface area contributed by atoms with Crippen molar-refractivity contribution in [2.24, 2.45) is 7.05 Å². The standard InChI is InChI=1S/C30H36N8O/c1-18(2)20-11-13-22(14-12-20)38-24(16-23(35-38)30(3,4)5)34-25(39)15-19-7-9-21(10-8-19)27-26-28(31)32-17-33-29(26)37(6)36-27/h7-14,16-18,25,34,39H,15H2,1-6H3,(H2,31,32,33). The molecule has 0 aliphatic heterocycles. The third kappa shape index (κ3) is 5.35. The van der Waals surface area contributed by atoms with Crippen LogP contribution in [0.5, 0.6) is 0 Å². The van der Waals surface area contributed by atoms with E-state index in [9.17, 15) is 5.11 Å². The number of aromatic nitrogens is 6. The number of nitrogen functional groups attached to an aromatic ring is 1. The number of nitrogens with two attached hydrogens (primary N) is 1. The predicted molar refractivity (Wildman–Crippen MR) is 156 cm³/mol. The van der Waals surface area contributed by atoms with E-state index in [1.807, 2.05) is 42.1 Å². The second kappa shape index (κ2) is 10.1. The first-order chi connectivity index (χ1) is 18.5. The average Bonchev–Trinajstić information content (AvgIpc) is 3.47. The lowest BCUT2D eigenvalue weighted by Crippen LogP contribution is -2.23. The van der Waals surface area contributed by atoms with Crippen LogP contribution in [0.15, 0.2) is 60.9 Å². The first-order valence-electron chi connectivity index (χ1n) is 13.2. The number of hydrogen-bond donors (Lipinski definition) is 3. The smallest absolute Gasteiger partial charge is 0.163 e. The van der Waals surface area contributed by atoms with Gasteiger partial charge in [0.25, 0.3) is 0 Å². The molecule has 202 valence electrons. The van der Waals surface area contributed by atoms with Crippen molar-refractivity contribution in [3.8, 4) is 16.9 Å². The van der Waals surface area contributed by atoms with Crippen LogP contribution in [-0.4, -0.2) is 40.9 Å². The zero-order valence-electron chi connectivity index (χ0n) is 23.3. The Bertz CT molecular complexity index is 1590. The van der Waals surface area contributed by atoms with E-state index in [0.717, 1.165) is 39.4 Å². The number of anilines is 2. The van der Waals surface area contributed by atoms with Gasteiger partial charge in [-0.05, 0) is 29.2 Å². The van der Waals surface area contributed by atoms with Crippen LogP contribution in [-0.2, 0) is 18.9 Å². The van der Waals surface area contributed by atoms with Crippen molar-refractivity contribution in [3.63, 3.8) is 0 Å². The molecule has 0 aliphatic rings. The van der Waals surface area contributed by atoms with Gasteiger partial charge in [-0.15, -0.1) is 0 Å². The molecule has 0 aliphatic carbocycles. The summed E-state index contributed by atoms with van der Waals surface area (Å²) in [4.78, 5) is 8.43. The van der Waals surface area contributed by atoms with Gasteiger partial charge in [-0.3, -0.25) is 0 Å². The number of hydrogen-bond acceptors (Lipinski definition) is 7. The lowest BCUT2D eigenvalue weighted by atomic mass is 9.92. The van der Waals surface area contributed by atoms with Crippen LogP contribution in [0.3, 0.4) is 0 Å². The molecule has 5 aromatic rings. The highest BCUT2D eigenvalue weighted by atomic mass is 16.3. The number of rotatable bonds is 7. The fourth-order valence-corrected chi connectivity index (χ4v) is 4.60. The fraction of sp³-hybridized carbons (Fsp3) is 0.333. The number of fused-ring (bicyclic) bond motifs is 1. The summed E-state index contributed by atoms with van der Waals surface area (Å²) in [7, 11) is 1.84. The quantitative estimate of drug-likeness (QED) is 0.251. The Labute approximate surface area is 228 Å². The first-order valence-corrected chi connectivity index (χ1v) is 13.2. The molecule has 4 N–H and O–H groups in total. The predicted octanol–water partition coefficient (Wildman–Crippen LogP) is 5.19. The second-order valence-corrected chi connectivity index (χ2v) is 11.3. The Hall–Kier alpha value is -4.24. The molecule has 0 fully saturated rings. The van der Waals surface area contributed by atoms with Crippen LogP contribution < -0.4 is 11.1 Å². The Morgan fingerprint density at radius 1 is 0.974 bits per heavy atom. The van der Waals surface area contributed by atoms with Gasteiger partial charge in [-0.25, -0.2) is 19.3 Å². The van der Waals surface area contributed by atoms with E-state index >= 15 is 0 Å². The summed E-state index contributed by atoms with van der Waals surface area (Å²) in [5, 5.41) is 24.5. The Balaban J connectivity index is 1.37. The molecule has 9 nitrogen and oxygen atoms in total. The number of nitrogens with one attached hydrogen (secondary N) is 1. The van der Waals surface area contributed by atoms with Crippen LogP contribution in [0.25, 0.3) is 28.0 Å². The summed E-state index contributed by atoms with van der Waals surface area (Å²) in [6, 6.07) is 18.4. The Kier molecular flexibility index (Phi) is 6.86. The van der Waals surface area contributed by atoms with E-state index in [0.29, 0.717) is 23.8 Å². The van der Waals surface area contributed by atoms with Gasteiger partial charge < -0.3 is 16.2 Å². The van der Waals surface area contributed by atoms with Gasteiger partial charge in [0, 0.05) is 30.5 Å². The highest BCUT2D eigenvalue weighted by Crippen LogP contribution is 2.30. The van der Waals surface area contributed by atoms with Gasteiger partial charge >= 0.3 is 0 Å². The number of benzene rings is 2. The number of aliphatic hydroxyl groups excluding tert-OH is 1. The molecule has 2 aromatic carbocycles. The maximum absolute atomic E-state index is 11.0. The van der Waals surface area contributed by atoms with Crippen LogP contribution in [0.4, 0.5) is 11.6 Å². The van der Waals surface area contributed by atoms with Crippen LogP contribution in [0.1, 0.15) is 57.4 Å². The molecule has 9 heteroatoms. The molecule has 1 atom stereocenters. The summed E-state index contributed by atoms with van der Waals surface area (Å²) >= 11 is 0. The highest BCUT2D eigenvalue weighted by molar-refractivity contribution is 5.98. The van der Waals surface area contributed by atoms with E-state index in [2.05, 4.69) is 79.3 Å². The molecule has 3 aromatic heterocycles. The van der Waals surface area contributed by atoms with E-state index in [-0.39, 0.29) is 5.41 Å². The molecular weight excluding hydrogens is 488 g/mol. The summed E-state index contributed by atoms with van der Waals surface area (Å²) in [6.07, 6.45) is 1.04. The van der Waals surface area contributed by atoms with E-state index in [4.69, 9.17) is 10.8 Å². The molecule has 0 spiro atoms. The second-order valence-electron chi connectivity index (χ2n) is 11.3. The molecule has 0 amide bonds. The monoisotopic (exact) mass is 524 g/mol. The SMILES string of the molecule is CC(C)c1ccc(-n2nc(C(C)(C)C)cc2NC(O)Cc2ccc(-c3nn(C)c4ncnc(N)c34)cc2)cc1. The van der Waals surface area contributed by atoms with Gasteiger partial charge in [0.1, 0.15) is 29.9 Å². The summed E-state index contributed by atoms with van der Waals surface area (Å²) in [5.41, 5.74) is 12.5. The van der Waals surface area contributed by atoms with Crippen molar-refractivity contribution in [2.45, 2.75) is 58.6 Å². The maximum Gasteiger partial charge on any atom is 0.163 e. The molecule has 1 unspecified atom stereocenters. The van der Waals surface area contributed by atoms with Gasteiger partial charge in [0.05, 0.1) is 16.8 Å². The van der Waals surface area contributed by atoms with Crippen molar-refractivity contribution in [1.82, 2.24) is 29.5 Å². The Morgan fingerprint density at radius 2 is 1.67 bits per heavy atom. The average molecular weight is 525 g/mol. The molecule has 5 rings (SSSR count). The number of nitrogens with zero attached hydrogens (tertiary/aromatic N) is 6. The van der Waals surface area contributed by atoms with Crippen molar-refractivity contribution < 1.29 is 5.11 Å². The maximum atomic E-state index is 11.0. The minimum absolute atomic E-state index is 0.135. The van der Waals surface area contributed by atoms with Crippen molar-refractivity contribution in [3.05, 3.63) is 77.7 Å². The molecule has 0 saturated carbocycles. The van der Waals surface area contributed by atoms with E-state index in [1.54, 1.807) is 4.68 Å².